The van der Waals surface area contributed by atoms with Crippen LogP contribution in [-0.4, -0.2) is 0 Å². The van der Waals surface area contributed by atoms with Crippen LogP contribution in [0.3, 0.4) is 0 Å². The van der Waals surface area contributed by atoms with Gasteiger partial charge in [-0.2, -0.15) is 0 Å². The van der Waals surface area contributed by atoms with Crippen LogP contribution in [0.5, 0.6) is 11.5 Å². The van der Waals surface area contributed by atoms with Gasteiger partial charge in [-0.25, -0.2) is 0 Å². The van der Waals surface area contributed by atoms with Gasteiger partial charge in [0.2, 0.25) is 0 Å². The van der Waals surface area contributed by atoms with Crippen LogP contribution in [0.4, 0.5) is 17.1 Å². The fourth-order valence-corrected chi connectivity index (χ4v) is 9.99. The minimum absolute atomic E-state index is 0.596. The zero-order chi connectivity index (χ0) is 37.5. The van der Waals surface area contributed by atoms with E-state index in [9.17, 15) is 0 Å². The molecular weight excluding hydrogens is 691 g/mol. The lowest BCUT2D eigenvalue weighted by molar-refractivity contribution is 0.435. The van der Waals surface area contributed by atoms with Gasteiger partial charge in [-0.15, -0.1) is 0 Å². The van der Waals surface area contributed by atoms with Crippen LogP contribution in [0.1, 0.15) is 22.3 Å². The third kappa shape index (κ3) is 4.53. The van der Waals surface area contributed by atoms with Crippen LogP contribution in [0.25, 0.3) is 54.6 Å². The molecule has 1 aliphatic heterocycles. The largest absolute Gasteiger partial charge is 0.457 e. The first-order valence-electron chi connectivity index (χ1n) is 19.7. The quantitative estimate of drug-likeness (QED) is 0.179. The topological polar surface area (TPSA) is 12.5 Å². The van der Waals surface area contributed by atoms with E-state index in [1.165, 1.54) is 65.7 Å². The summed E-state index contributed by atoms with van der Waals surface area (Å²) >= 11 is 0. The zero-order valence-corrected chi connectivity index (χ0v) is 31.1. The van der Waals surface area contributed by atoms with E-state index in [2.05, 4.69) is 217 Å². The molecule has 0 aromatic heterocycles. The molecule has 1 unspecified atom stereocenters. The molecule has 1 aliphatic carbocycles. The Hall–Kier alpha value is -7.42. The Bertz CT molecular complexity index is 3230. The van der Waals surface area contributed by atoms with E-state index < -0.39 is 5.41 Å². The maximum Gasteiger partial charge on any atom is 0.134 e. The van der Waals surface area contributed by atoms with E-state index in [-0.39, 0.29) is 0 Å². The second-order valence-corrected chi connectivity index (χ2v) is 15.2. The van der Waals surface area contributed by atoms with Crippen LogP contribution in [0.15, 0.2) is 212 Å². The molecule has 2 heteroatoms. The van der Waals surface area contributed by atoms with Gasteiger partial charge in [0.25, 0.3) is 0 Å². The average molecular weight is 726 g/mol. The first-order valence-corrected chi connectivity index (χ1v) is 19.7. The van der Waals surface area contributed by atoms with E-state index >= 15 is 0 Å². The van der Waals surface area contributed by atoms with Crippen LogP contribution in [0, 0.1) is 0 Å². The Morgan fingerprint density at radius 1 is 0.351 bits per heavy atom. The highest BCUT2D eigenvalue weighted by Gasteiger charge is 2.49. The molecular formula is C55H35NO. The highest BCUT2D eigenvalue weighted by atomic mass is 16.5. The highest BCUT2D eigenvalue weighted by molar-refractivity contribution is 6.09. The zero-order valence-electron chi connectivity index (χ0n) is 31.1. The second-order valence-electron chi connectivity index (χ2n) is 15.2. The average Bonchev–Trinajstić information content (AvgIpc) is 3.28. The molecule has 266 valence electrons. The standard InChI is InChI=1S/C55H35NO/c1-2-15-36(16-3-1)40-23-13-25-44-42(40)24-14-31-51(44)56(50-30-12-18-37-17-4-5-21-41(37)50)39-33-34-48-53(35-39)57-52-32-9-8-28-47(52)55(48)46-27-7-6-22-43(46)45-26-10-19-38-20-11-29-49(55)54(38)45/h1-35H. The van der Waals surface area contributed by atoms with E-state index in [1.807, 2.05) is 0 Å². The number of hydrogen-bond acceptors (Lipinski definition) is 2. The Balaban J connectivity index is 1.15. The van der Waals surface area contributed by atoms with Gasteiger partial charge in [0.05, 0.1) is 16.8 Å². The predicted octanol–water partition coefficient (Wildman–Crippen LogP) is 14.8. The second kappa shape index (κ2) is 12.3. The minimum atomic E-state index is -0.596. The molecule has 1 atom stereocenters. The van der Waals surface area contributed by atoms with E-state index in [1.54, 1.807) is 0 Å². The highest BCUT2D eigenvalue weighted by Crippen LogP contribution is 2.61. The number of nitrogens with zero attached hydrogens (tertiary/aromatic N) is 1. The third-order valence-corrected chi connectivity index (χ3v) is 12.3. The summed E-state index contributed by atoms with van der Waals surface area (Å²) in [4.78, 5) is 2.43. The van der Waals surface area contributed by atoms with Gasteiger partial charge < -0.3 is 9.64 Å². The van der Waals surface area contributed by atoms with Gasteiger partial charge in [0, 0.05) is 33.7 Å². The van der Waals surface area contributed by atoms with Crippen molar-refractivity contribution in [3.8, 4) is 33.8 Å². The number of hydrogen-bond donors (Lipinski definition) is 0. The molecule has 10 aromatic rings. The van der Waals surface area contributed by atoms with E-state index in [4.69, 9.17) is 4.74 Å². The molecule has 2 aliphatic rings. The number of rotatable bonds is 4. The summed E-state index contributed by atoms with van der Waals surface area (Å²) in [5.74, 6) is 1.73. The van der Waals surface area contributed by atoms with E-state index in [0.29, 0.717) is 0 Å². The number of para-hydroxylation sites is 1. The first-order chi connectivity index (χ1) is 28.3. The molecule has 0 N–H and O–H groups in total. The van der Waals surface area contributed by atoms with Gasteiger partial charge in [-0.3, -0.25) is 0 Å². The van der Waals surface area contributed by atoms with Gasteiger partial charge >= 0.3 is 0 Å². The fourth-order valence-electron chi connectivity index (χ4n) is 9.99. The third-order valence-electron chi connectivity index (χ3n) is 12.3. The monoisotopic (exact) mass is 725 g/mol. The molecule has 0 radical (unpaired) electrons. The Morgan fingerprint density at radius 2 is 0.930 bits per heavy atom. The lowest BCUT2D eigenvalue weighted by Gasteiger charge is -2.45. The summed E-state index contributed by atoms with van der Waals surface area (Å²) < 4.78 is 7.09. The van der Waals surface area contributed by atoms with Crippen LogP contribution in [-0.2, 0) is 5.41 Å². The minimum Gasteiger partial charge on any atom is -0.457 e. The van der Waals surface area contributed by atoms with E-state index in [0.717, 1.165) is 39.7 Å². The Kier molecular flexibility index (Phi) is 6.88. The SMILES string of the molecule is c1ccc(-c2cccc3c(N(c4ccc5c(c4)Oc4ccccc4C54c5ccccc5-c5cccc6cccc4c56)c4cccc5ccccc45)cccc23)cc1. The van der Waals surface area contributed by atoms with Crippen molar-refractivity contribution in [3.05, 3.63) is 235 Å². The molecule has 0 saturated carbocycles. The summed E-state index contributed by atoms with van der Waals surface area (Å²) in [6.45, 7) is 0. The molecule has 57 heavy (non-hydrogen) atoms. The smallest absolute Gasteiger partial charge is 0.134 e. The van der Waals surface area contributed by atoms with Crippen molar-refractivity contribution in [2.24, 2.45) is 0 Å². The number of fused-ring (bicyclic) bond motifs is 10. The maximum atomic E-state index is 7.09. The van der Waals surface area contributed by atoms with Crippen LogP contribution >= 0.6 is 0 Å². The summed E-state index contributed by atoms with van der Waals surface area (Å²) in [6.07, 6.45) is 0. The van der Waals surface area contributed by atoms with Crippen molar-refractivity contribution < 1.29 is 4.74 Å². The molecule has 2 nitrogen and oxygen atoms in total. The number of anilines is 3. The number of ether oxygens (including phenoxy) is 1. The maximum absolute atomic E-state index is 7.09. The Labute approximate surface area is 331 Å². The lowest BCUT2D eigenvalue weighted by atomic mass is 9.58. The van der Waals surface area contributed by atoms with Crippen molar-refractivity contribution in [1.82, 2.24) is 0 Å². The fraction of sp³-hybridized carbons (Fsp3) is 0.0182. The van der Waals surface area contributed by atoms with Crippen molar-refractivity contribution in [2.75, 3.05) is 4.90 Å². The normalized spacial score (nSPS) is 14.9. The van der Waals surface area contributed by atoms with Crippen molar-refractivity contribution >= 4 is 49.4 Å². The molecule has 12 rings (SSSR count). The van der Waals surface area contributed by atoms with Crippen molar-refractivity contribution in [3.63, 3.8) is 0 Å². The van der Waals surface area contributed by atoms with Gasteiger partial charge in [-0.05, 0) is 79.2 Å². The molecule has 1 spiro atoms. The van der Waals surface area contributed by atoms with Gasteiger partial charge in [-0.1, -0.05) is 182 Å². The summed E-state index contributed by atoms with van der Waals surface area (Å²) in [5, 5.41) is 7.30. The summed E-state index contributed by atoms with van der Waals surface area (Å²) in [7, 11) is 0. The Morgan fingerprint density at radius 3 is 1.84 bits per heavy atom. The van der Waals surface area contributed by atoms with Crippen molar-refractivity contribution in [2.45, 2.75) is 5.41 Å². The summed E-state index contributed by atoms with van der Waals surface area (Å²) in [5.41, 5.74) is 12.5. The molecule has 1 heterocycles. The summed E-state index contributed by atoms with van der Waals surface area (Å²) in [6, 6.07) is 77.4. The molecule has 0 fully saturated rings. The first kappa shape index (κ1) is 31.9. The van der Waals surface area contributed by atoms with Crippen LogP contribution < -0.4 is 9.64 Å². The van der Waals surface area contributed by atoms with Gasteiger partial charge in [0.15, 0.2) is 0 Å². The van der Waals surface area contributed by atoms with Gasteiger partial charge in [0.1, 0.15) is 11.5 Å². The lowest BCUT2D eigenvalue weighted by Crippen LogP contribution is -2.36. The molecule has 0 amide bonds. The molecule has 0 saturated heterocycles. The molecule has 10 aromatic carbocycles. The number of benzene rings is 10. The predicted molar refractivity (Wildman–Crippen MR) is 236 cm³/mol. The van der Waals surface area contributed by atoms with Crippen molar-refractivity contribution in [1.29, 1.82) is 0 Å². The van der Waals surface area contributed by atoms with Crippen LogP contribution in [0.2, 0.25) is 0 Å². The molecule has 0 bridgehead atoms.